The number of aldehydes is 1. The molecule has 1 aromatic heterocycles. The molecule has 0 aliphatic carbocycles. The Labute approximate surface area is 108 Å². The molecular weight excluding hydrogens is 252 g/mol. The lowest BCUT2D eigenvalue weighted by Crippen LogP contribution is -2.07. The Kier molecular flexibility index (Phi) is 3.81. The van der Waals surface area contributed by atoms with Gasteiger partial charge in [-0.25, -0.2) is 0 Å². The van der Waals surface area contributed by atoms with Crippen molar-refractivity contribution in [1.29, 1.82) is 0 Å². The van der Waals surface area contributed by atoms with Gasteiger partial charge in [-0.2, -0.15) is 0 Å². The van der Waals surface area contributed by atoms with E-state index in [1.807, 2.05) is 0 Å². The highest BCUT2D eigenvalue weighted by molar-refractivity contribution is 6.18. The molecule has 1 aromatic carbocycles. The fourth-order valence-electron chi connectivity index (χ4n) is 1.52. The largest absolute Gasteiger partial charge is 0.463 e. The number of hydrogen-bond donors (Lipinski definition) is 0. The van der Waals surface area contributed by atoms with E-state index >= 15 is 0 Å². The highest BCUT2D eigenvalue weighted by atomic mass is 35.5. The monoisotopic (exact) mass is 260 g/mol. The summed E-state index contributed by atoms with van der Waals surface area (Å²) < 4.78 is 5.19. The molecule has 0 unspecified atom stereocenters. The number of carbonyl (C=O) groups is 1. The summed E-state index contributed by atoms with van der Waals surface area (Å²) in [6, 6.07) is 5.04. The minimum Gasteiger partial charge on any atom is -0.463 e. The third-order valence-electron chi connectivity index (χ3n) is 2.38. The molecule has 2 rings (SSSR count). The summed E-state index contributed by atoms with van der Waals surface area (Å²) >= 11 is 5.52. The van der Waals surface area contributed by atoms with Crippen molar-refractivity contribution in [3.05, 3.63) is 45.8 Å². The van der Waals surface area contributed by atoms with Crippen LogP contribution in [0.15, 0.2) is 33.7 Å². The summed E-state index contributed by atoms with van der Waals surface area (Å²) in [7, 11) is 0. The Hall–Kier alpha value is -2.05. The first-order valence-corrected chi connectivity index (χ1v) is 5.85. The SMILES string of the molecule is O=Cc1coc2ccc(C#CCCCl)cc2c1=O. The molecule has 4 heteroatoms. The molecule has 3 nitrogen and oxygen atoms in total. The van der Waals surface area contributed by atoms with Crippen LogP contribution in [-0.4, -0.2) is 12.2 Å². The molecule has 18 heavy (non-hydrogen) atoms. The van der Waals surface area contributed by atoms with Gasteiger partial charge in [0.1, 0.15) is 11.8 Å². The van der Waals surface area contributed by atoms with E-state index in [9.17, 15) is 9.59 Å². The summed E-state index contributed by atoms with van der Waals surface area (Å²) in [4.78, 5) is 22.5. The highest BCUT2D eigenvalue weighted by Gasteiger charge is 2.06. The molecule has 0 saturated carbocycles. The minimum atomic E-state index is -0.341. The van der Waals surface area contributed by atoms with Crippen molar-refractivity contribution in [1.82, 2.24) is 0 Å². The predicted molar refractivity (Wildman–Crippen MR) is 70.1 cm³/mol. The van der Waals surface area contributed by atoms with E-state index in [2.05, 4.69) is 11.8 Å². The van der Waals surface area contributed by atoms with E-state index in [1.165, 1.54) is 0 Å². The normalized spacial score (nSPS) is 9.83. The number of rotatable bonds is 2. The predicted octanol–water partition coefficient (Wildman–Crippen LogP) is 2.59. The van der Waals surface area contributed by atoms with Crippen molar-refractivity contribution >= 4 is 28.9 Å². The molecule has 0 aliphatic heterocycles. The van der Waals surface area contributed by atoms with E-state index in [0.29, 0.717) is 35.1 Å². The second-order valence-corrected chi connectivity index (χ2v) is 3.97. The molecule has 0 amide bonds. The van der Waals surface area contributed by atoms with E-state index in [1.54, 1.807) is 18.2 Å². The molecule has 0 saturated heterocycles. The Balaban J connectivity index is 2.57. The second-order valence-electron chi connectivity index (χ2n) is 3.59. The summed E-state index contributed by atoms with van der Waals surface area (Å²) in [5, 5.41) is 0.359. The number of carbonyl (C=O) groups excluding carboxylic acids is 1. The Morgan fingerprint density at radius 1 is 1.39 bits per heavy atom. The smallest absolute Gasteiger partial charge is 0.203 e. The van der Waals surface area contributed by atoms with E-state index in [4.69, 9.17) is 16.0 Å². The lowest BCUT2D eigenvalue weighted by atomic mass is 10.1. The summed E-state index contributed by atoms with van der Waals surface area (Å²) in [6.07, 6.45) is 2.23. The van der Waals surface area contributed by atoms with E-state index < -0.39 is 0 Å². The van der Waals surface area contributed by atoms with Crippen molar-refractivity contribution in [2.24, 2.45) is 0 Å². The zero-order valence-corrected chi connectivity index (χ0v) is 10.2. The first-order chi connectivity index (χ1) is 8.76. The van der Waals surface area contributed by atoms with Crippen LogP contribution in [0.5, 0.6) is 0 Å². The molecule has 0 aliphatic rings. The lowest BCUT2D eigenvalue weighted by Gasteiger charge is -1.98. The highest BCUT2D eigenvalue weighted by Crippen LogP contribution is 2.12. The van der Waals surface area contributed by atoms with Gasteiger partial charge in [-0.1, -0.05) is 11.8 Å². The first kappa shape index (κ1) is 12.4. The maximum absolute atomic E-state index is 11.9. The van der Waals surface area contributed by atoms with E-state index in [0.717, 1.165) is 6.26 Å². The maximum atomic E-state index is 11.9. The van der Waals surface area contributed by atoms with Crippen LogP contribution in [0.25, 0.3) is 11.0 Å². The van der Waals surface area contributed by atoms with Gasteiger partial charge in [-0.3, -0.25) is 9.59 Å². The van der Waals surface area contributed by atoms with Crippen LogP contribution in [0.2, 0.25) is 0 Å². The fourth-order valence-corrected chi connectivity index (χ4v) is 1.61. The van der Waals surface area contributed by atoms with Crippen LogP contribution in [-0.2, 0) is 0 Å². The topological polar surface area (TPSA) is 47.3 Å². The molecule has 0 spiro atoms. The fraction of sp³-hybridized carbons (Fsp3) is 0.143. The van der Waals surface area contributed by atoms with Crippen LogP contribution in [0.4, 0.5) is 0 Å². The van der Waals surface area contributed by atoms with Gasteiger partial charge in [0, 0.05) is 17.9 Å². The zero-order valence-electron chi connectivity index (χ0n) is 9.40. The number of benzene rings is 1. The van der Waals surface area contributed by atoms with Crippen LogP contribution >= 0.6 is 11.6 Å². The molecular formula is C14H9ClO3. The second kappa shape index (κ2) is 5.52. The molecule has 0 fully saturated rings. The average Bonchev–Trinajstić information content (AvgIpc) is 2.40. The van der Waals surface area contributed by atoms with Crippen LogP contribution < -0.4 is 5.43 Å². The Morgan fingerprint density at radius 2 is 2.22 bits per heavy atom. The van der Waals surface area contributed by atoms with Crippen molar-refractivity contribution in [2.45, 2.75) is 6.42 Å². The van der Waals surface area contributed by atoms with Gasteiger partial charge in [-0.05, 0) is 18.2 Å². The molecule has 2 aromatic rings. The lowest BCUT2D eigenvalue weighted by molar-refractivity contribution is 0.112. The van der Waals surface area contributed by atoms with E-state index in [-0.39, 0.29) is 11.0 Å². The van der Waals surface area contributed by atoms with Crippen LogP contribution in [0.3, 0.4) is 0 Å². The van der Waals surface area contributed by atoms with Crippen molar-refractivity contribution in [3.63, 3.8) is 0 Å². The molecule has 90 valence electrons. The maximum Gasteiger partial charge on any atom is 0.203 e. The Morgan fingerprint density at radius 3 is 2.94 bits per heavy atom. The average molecular weight is 261 g/mol. The van der Waals surface area contributed by atoms with Gasteiger partial charge in [-0.15, -0.1) is 11.6 Å². The number of fused-ring (bicyclic) bond motifs is 1. The first-order valence-electron chi connectivity index (χ1n) is 5.32. The van der Waals surface area contributed by atoms with Crippen molar-refractivity contribution < 1.29 is 9.21 Å². The molecule has 0 N–H and O–H groups in total. The molecule has 0 bridgehead atoms. The third kappa shape index (κ3) is 2.44. The Bertz CT molecular complexity index is 704. The van der Waals surface area contributed by atoms with Gasteiger partial charge in [0.15, 0.2) is 6.29 Å². The van der Waals surface area contributed by atoms with Crippen molar-refractivity contribution in [2.75, 3.05) is 5.88 Å². The van der Waals surface area contributed by atoms with Crippen LogP contribution in [0, 0.1) is 11.8 Å². The third-order valence-corrected chi connectivity index (χ3v) is 2.57. The summed E-state index contributed by atoms with van der Waals surface area (Å²) in [6.45, 7) is 0. The number of halogens is 1. The van der Waals surface area contributed by atoms with Crippen molar-refractivity contribution in [3.8, 4) is 11.8 Å². The van der Waals surface area contributed by atoms with Crippen LogP contribution in [0.1, 0.15) is 22.3 Å². The minimum absolute atomic E-state index is 0.00775. The molecule has 0 atom stereocenters. The van der Waals surface area contributed by atoms with Gasteiger partial charge in [0.25, 0.3) is 0 Å². The number of hydrogen-bond acceptors (Lipinski definition) is 3. The zero-order chi connectivity index (χ0) is 13.0. The number of alkyl halides is 1. The van der Waals surface area contributed by atoms with Gasteiger partial charge in [0.05, 0.1) is 10.9 Å². The van der Waals surface area contributed by atoms with Gasteiger partial charge in [0.2, 0.25) is 5.43 Å². The molecule has 1 heterocycles. The quantitative estimate of drug-likeness (QED) is 0.474. The standard InChI is InChI=1S/C14H9ClO3/c15-6-2-1-3-10-4-5-13-12(7-10)14(17)11(8-16)9-18-13/h4-5,7-9H,2,6H2. The van der Waals surface area contributed by atoms with Gasteiger partial charge < -0.3 is 4.42 Å². The molecule has 0 radical (unpaired) electrons. The van der Waals surface area contributed by atoms with Gasteiger partial charge >= 0.3 is 0 Å². The summed E-state index contributed by atoms with van der Waals surface area (Å²) in [5.74, 6) is 6.25. The summed E-state index contributed by atoms with van der Waals surface area (Å²) in [5.41, 5.74) is 0.803.